The van der Waals surface area contributed by atoms with Crippen molar-refractivity contribution in [3.05, 3.63) is 60.2 Å². The van der Waals surface area contributed by atoms with Crippen LogP contribution < -0.4 is 0 Å². The van der Waals surface area contributed by atoms with Crippen LogP contribution in [0.25, 0.3) is 11.1 Å². The van der Waals surface area contributed by atoms with Crippen LogP contribution in [-0.4, -0.2) is 60.5 Å². The molecular formula is C22H24N2O3. The van der Waals surface area contributed by atoms with Gasteiger partial charge in [0.05, 0.1) is 13.2 Å². The summed E-state index contributed by atoms with van der Waals surface area (Å²) in [6, 6.07) is 17.4. The van der Waals surface area contributed by atoms with Crippen LogP contribution in [-0.2, 0) is 9.53 Å². The highest BCUT2D eigenvalue weighted by molar-refractivity contribution is 5.98. The third-order valence-electron chi connectivity index (χ3n) is 5.36. The molecule has 0 unspecified atom stereocenters. The lowest BCUT2D eigenvalue weighted by molar-refractivity contribution is -0.139. The van der Waals surface area contributed by atoms with Crippen LogP contribution in [0, 0.1) is 0 Å². The Kier molecular flexibility index (Phi) is 5.21. The number of nitrogens with zero attached hydrogens (tertiary/aromatic N) is 2. The molecule has 27 heavy (non-hydrogen) atoms. The van der Waals surface area contributed by atoms with Gasteiger partial charge in [-0.1, -0.05) is 42.5 Å². The van der Waals surface area contributed by atoms with E-state index in [4.69, 9.17) is 4.74 Å². The number of likely N-dealkylation sites (tertiary alicyclic amines) is 1. The second kappa shape index (κ2) is 7.92. The molecule has 0 radical (unpaired) electrons. The summed E-state index contributed by atoms with van der Waals surface area (Å²) in [7, 11) is 0. The summed E-state index contributed by atoms with van der Waals surface area (Å²) in [6.07, 6.45) is 1.61. The monoisotopic (exact) mass is 364 g/mol. The normalized spacial score (nSPS) is 19.9. The molecule has 1 atom stereocenters. The molecule has 2 aromatic carbocycles. The summed E-state index contributed by atoms with van der Waals surface area (Å²) in [4.78, 5) is 29.5. The number of morpholine rings is 1. The van der Waals surface area contributed by atoms with Gasteiger partial charge in [0.25, 0.3) is 5.91 Å². The lowest BCUT2D eigenvalue weighted by Gasteiger charge is -2.32. The number of ether oxygens (including phenoxy) is 1. The van der Waals surface area contributed by atoms with Crippen molar-refractivity contribution in [2.45, 2.75) is 18.9 Å². The molecule has 0 aliphatic carbocycles. The topological polar surface area (TPSA) is 49.9 Å². The first kappa shape index (κ1) is 17.7. The molecule has 0 N–H and O–H groups in total. The Hall–Kier alpha value is -2.66. The van der Waals surface area contributed by atoms with E-state index < -0.39 is 0 Å². The van der Waals surface area contributed by atoms with Crippen molar-refractivity contribution in [3.8, 4) is 11.1 Å². The van der Waals surface area contributed by atoms with Crippen molar-refractivity contribution in [3.63, 3.8) is 0 Å². The van der Waals surface area contributed by atoms with Crippen molar-refractivity contribution in [2.24, 2.45) is 0 Å². The van der Waals surface area contributed by atoms with E-state index in [0.717, 1.165) is 24.0 Å². The van der Waals surface area contributed by atoms with Crippen molar-refractivity contribution in [1.82, 2.24) is 9.80 Å². The predicted molar refractivity (Wildman–Crippen MR) is 103 cm³/mol. The van der Waals surface area contributed by atoms with E-state index in [2.05, 4.69) is 0 Å². The molecule has 2 heterocycles. The fourth-order valence-electron chi connectivity index (χ4n) is 3.86. The molecule has 2 saturated heterocycles. The summed E-state index contributed by atoms with van der Waals surface area (Å²) < 4.78 is 5.33. The fourth-order valence-corrected chi connectivity index (χ4v) is 3.86. The lowest BCUT2D eigenvalue weighted by atomic mass is 10.0. The molecule has 0 aromatic heterocycles. The number of benzene rings is 2. The number of rotatable bonds is 3. The standard InChI is InChI=1S/C22H24N2O3/c25-21(19-10-8-18(9-11-19)17-5-2-1-3-6-17)24-12-4-7-20(24)22(26)23-13-15-27-16-14-23/h1-3,5-6,8-11,20H,4,7,12-16H2/t20-/m0/s1. The Bertz CT molecular complexity index is 798. The zero-order chi connectivity index (χ0) is 18.6. The number of hydrogen-bond acceptors (Lipinski definition) is 3. The van der Waals surface area contributed by atoms with E-state index in [1.54, 1.807) is 4.90 Å². The quantitative estimate of drug-likeness (QED) is 0.842. The van der Waals surface area contributed by atoms with E-state index in [9.17, 15) is 9.59 Å². The molecule has 5 nitrogen and oxygen atoms in total. The first-order valence-electron chi connectivity index (χ1n) is 9.57. The van der Waals surface area contributed by atoms with Gasteiger partial charge in [0.15, 0.2) is 0 Å². The Morgan fingerprint density at radius 1 is 0.852 bits per heavy atom. The predicted octanol–water partition coefficient (Wildman–Crippen LogP) is 2.82. The summed E-state index contributed by atoms with van der Waals surface area (Å²) in [5.74, 6) is 0.00350. The van der Waals surface area contributed by atoms with Crippen LogP contribution in [0.5, 0.6) is 0 Å². The van der Waals surface area contributed by atoms with Crippen LogP contribution >= 0.6 is 0 Å². The number of carbonyl (C=O) groups is 2. The third-order valence-corrected chi connectivity index (χ3v) is 5.36. The van der Waals surface area contributed by atoms with Gasteiger partial charge >= 0.3 is 0 Å². The van der Waals surface area contributed by atoms with Gasteiger partial charge in [-0.05, 0) is 36.1 Å². The van der Waals surface area contributed by atoms with Gasteiger partial charge in [0.2, 0.25) is 5.91 Å². The van der Waals surface area contributed by atoms with Gasteiger partial charge in [-0.3, -0.25) is 9.59 Å². The van der Waals surface area contributed by atoms with E-state index in [1.165, 1.54) is 0 Å². The largest absolute Gasteiger partial charge is 0.378 e. The van der Waals surface area contributed by atoms with Crippen molar-refractivity contribution >= 4 is 11.8 Å². The average molecular weight is 364 g/mol. The van der Waals surface area contributed by atoms with E-state index in [-0.39, 0.29) is 17.9 Å². The molecule has 2 amide bonds. The molecule has 4 rings (SSSR count). The third kappa shape index (κ3) is 3.74. The van der Waals surface area contributed by atoms with Crippen LogP contribution in [0.2, 0.25) is 0 Å². The summed E-state index contributed by atoms with van der Waals surface area (Å²) in [6.45, 7) is 3.02. The van der Waals surface area contributed by atoms with Gasteiger partial charge in [0, 0.05) is 25.2 Å². The van der Waals surface area contributed by atoms with Crippen LogP contribution in [0.1, 0.15) is 23.2 Å². The molecule has 5 heteroatoms. The van der Waals surface area contributed by atoms with Crippen molar-refractivity contribution in [1.29, 1.82) is 0 Å². The van der Waals surface area contributed by atoms with Gasteiger partial charge in [-0.15, -0.1) is 0 Å². The first-order valence-corrected chi connectivity index (χ1v) is 9.57. The van der Waals surface area contributed by atoms with Gasteiger partial charge in [0.1, 0.15) is 6.04 Å². The molecule has 2 fully saturated rings. The highest BCUT2D eigenvalue weighted by atomic mass is 16.5. The lowest BCUT2D eigenvalue weighted by Crippen LogP contribution is -2.51. The highest BCUT2D eigenvalue weighted by Gasteiger charge is 2.37. The van der Waals surface area contributed by atoms with Gasteiger partial charge < -0.3 is 14.5 Å². The van der Waals surface area contributed by atoms with Crippen LogP contribution in [0.4, 0.5) is 0 Å². The SMILES string of the molecule is O=C([C@@H]1CCCN1C(=O)c1ccc(-c2ccccc2)cc1)N1CCOCC1. The highest BCUT2D eigenvalue weighted by Crippen LogP contribution is 2.24. The average Bonchev–Trinajstić information content (AvgIpc) is 3.24. The van der Waals surface area contributed by atoms with E-state index in [0.29, 0.717) is 38.4 Å². The molecule has 2 aliphatic rings. The van der Waals surface area contributed by atoms with E-state index >= 15 is 0 Å². The molecule has 2 aromatic rings. The van der Waals surface area contributed by atoms with Crippen molar-refractivity contribution < 1.29 is 14.3 Å². The van der Waals surface area contributed by atoms with Gasteiger partial charge in [-0.25, -0.2) is 0 Å². The zero-order valence-corrected chi connectivity index (χ0v) is 15.3. The first-order chi connectivity index (χ1) is 13.2. The summed E-state index contributed by atoms with van der Waals surface area (Å²) in [5.41, 5.74) is 2.84. The fraction of sp³-hybridized carbons (Fsp3) is 0.364. The summed E-state index contributed by atoms with van der Waals surface area (Å²) in [5, 5.41) is 0. The Labute approximate surface area is 159 Å². The molecular weight excluding hydrogens is 340 g/mol. The number of amides is 2. The zero-order valence-electron chi connectivity index (χ0n) is 15.3. The maximum atomic E-state index is 13.0. The minimum absolute atomic E-state index is 0.0567. The van der Waals surface area contributed by atoms with Crippen molar-refractivity contribution in [2.75, 3.05) is 32.8 Å². The molecule has 0 bridgehead atoms. The second-order valence-electron chi connectivity index (χ2n) is 7.04. The molecule has 2 aliphatic heterocycles. The molecule has 140 valence electrons. The Morgan fingerprint density at radius 3 is 2.22 bits per heavy atom. The molecule has 0 saturated carbocycles. The minimum Gasteiger partial charge on any atom is -0.378 e. The maximum absolute atomic E-state index is 13.0. The second-order valence-corrected chi connectivity index (χ2v) is 7.04. The Morgan fingerprint density at radius 2 is 1.52 bits per heavy atom. The minimum atomic E-state index is -0.343. The smallest absolute Gasteiger partial charge is 0.254 e. The number of hydrogen-bond donors (Lipinski definition) is 0. The van der Waals surface area contributed by atoms with Gasteiger partial charge in [-0.2, -0.15) is 0 Å². The van der Waals surface area contributed by atoms with E-state index in [1.807, 2.05) is 59.5 Å². The van der Waals surface area contributed by atoms with Crippen LogP contribution in [0.3, 0.4) is 0 Å². The van der Waals surface area contributed by atoms with Crippen LogP contribution in [0.15, 0.2) is 54.6 Å². The maximum Gasteiger partial charge on any atom is 0.254 e. The summed E-state index contributed by atoms with van der Waals surface area (Å²) >= 11 is 0. The molecule has 0 spiro atoms. The Balaban J connectivity index is 1.48. The number of carbonyl (C=O) groups excluding carboxylic acids is 2.